The fourth-order valence-corrected chi connectivity index (χ4v) is 4.61. The van der Waals surface area contributed by atoms with Gasteiger partial charge in [-0.3, -0.25) is 0 Å². The maximum absolute atomic E-state index is 13.9. The number of anilines is 3. The van der Waals surface area contributed by atoms with Crippen molar-refractivity contribution in [3.63, 3.8) is 0 Å². The minimum absolute atomic E-state index is 0.0393. The lowest BCUT2D eigenvalue weighted by molar-refractivity contribution is -0.137. The van der Waals surface area contributed by atoms with E-state index < -0.39 is 11.7 Å². The molecule has 3 aromatic rings. The molecule has 2 saturated heterocycles. The van der Waals surface area contributed by atoms with Crippen molar-refractivity contribution in [2.45, 2.75) is 25.9 Å². The van der Waals surface area contributed by atoms with Gasteiger partial charge in [-0.1, -0.05) is 0 Å². The average molecular weight is 487 g/mol. The monoisotopic (exact) mass is 486 g/mol. The summed E-state index contributed by atoms with van der Waals surface area (Å²) in [6, 6.07) is 9.17. The fourth-order valence-electron chi connectivity index (χ4n) is 4.61. The van der Waals surface area contributed by atoms with Crippen molar-refractivity contribution in [2.24, 2.45) is 0 Å². The van der Waals surface area contributed by atoms with E-state index in [0.29, 0.717) is 43.4 Å². The molecule has 0 N–H and O–H groups in total. The first-order valence-corrected chi connectivity index (χ1v) is 11.7. The maximum atomic E-state index is 13.9. The number of pyridine rings is 1. The molecule has 5 rings (SSSR count). The van der Waals surface area contributed by atoms with Crippen LogP contribution in [0, 0.1) is 12.7 Å². The topological polar surface area (TPSA) is 48.4 Å². The number of hydrogen-bond acceptors (Lipinski definition) is 6. The molecule has 1 aromatic carbocycles. The molecule has 0 radical (unpaired) electrons. The van der Waals surface area contributed by atoms with E-state index in [4.69, 9.17) is 9.97 Å². The van der Waals surface area contributed by atoms with Gasteiger partial charge < -0.3 is 14.7 Å². The molecule has 0 saturated carbocycles. The summed E-state index contributed by atoms with van der Waals surface area (Å²) in [7, 11) is 0. The van der Waals surface area contributed by atoms with Crippen molar-refractivity contribution in [3.8, 4) is 11.3 Å². The second-order valence-electron chi connectivity index (χ2n) is 8.92. The molecule has 2 aliphatic rings. The molecule has 184 valence electrons. The molecule has 6 nitrogen and oxygen atoms in total. The minimum Gasteiger partial charge on any atom is -0.353 e. The summed E-state index contributed by atoms with van der Waals surface area (Å²) in [5, 5.41) is 0. The lowest BCUT2D eigenvalue weighted by atomic mass is 10.1. The third kappa shape index (κ3) is 4.87. The maximum Gasteiger partial charge on any atom is 0.419 e. The highest BCUT2D eigenvalue weighted by atomic mass is 19.4. The molecule has 0 unspecified atom stereocenters. The van der Waals surface area contributed by atoms with Crippen LogP contribution < -0.4 is 14.7 Å². The van der Waals surface area contributed by atoms with Crippen LogP contribution in [0.5, 0.6) is 0 Å². The molecular formula is C25H26F4N6. The van der Waals surface area contributed by atoms with E-state index in [9.17, 15) is 17.6 Å². The lowest BCUT2D eigenvalue weighted by Crippen LogP contribution is -2.47. The number of benzene rings is 1. The summed E-state index contributed by atoms with van der Waals surface area (Å²) in [5.41, 5.74) is 1.32. The Balaban J connectivity index is 1.42. The van der Waals surface area contributed by atoms with E-state index in [2.05, 4.69) is 14.8 Å². The summed E-state index contributed by atoms with van der Waals surface area (Å²) >= 11 is 0. The molecule has 0 bridgehead atoms. The molecule has 2 aromatic heterocycles. The van der Waals surface area contributed by atoms with E-state index >= 15 is 0 Å². The van der Waals surface area contributed by atoms with Gasteiger partial charge in [-0.2, -0.15) is 18.2 Å². The first-order valence-electron chi connectivity index (χ1n) is 11.7. The Hall–Kier alpha value is -3.43. The molecular weight excluding hydrogens is 460 g/mol. The predicted molar refractivity (Wildman–Crippen MR) is 127 cm³/mol. The number of hydrogen-bond donors (Lipinski definition) is 0. The Morgan fingerprint density at radius 2 is 1.54 bits per heavy atom. The molecule has 35 heavy (non-hydrogen) atoms. The zero-order valence-corrected chi connectivity index (χ0v) is 19.4. The van der Waals surface area contributed by atoms with Crippen LogP contribution in [-0.4, -0.2) is 54.2 Å². The van der Waals surface area contributed by atoms with Crippen molar-refractivity contribution < 1.29 is 17.6 Å². The van der Waals surface area contributed by atoms with Crippen molar-refractivity contribution >= 4 is 17.6 Å². The average Bonchev–Trinajstić information content (AvgIpc) is 3.40. The number of rotatable bonds is 4. The van der Waals surface area contributed by atoms with Gasteiger partial charge in [0.25, 0.3) is 0 Å². The third-order valence-corrected chi connectivity index (χ3v) is 6.54. The molecule has 2 aliphatic heterocycles. The highest BCUT2D eigenvalue weighted by Crippen LogP contribution is 2.36. The lowest BCUT2D eigenvalue weighted by Gasteiger charge is -2.37. The summed E-state index contributed by atoms with van der Waals surface area (Å²) in [6.07, 6.45) is -0.924. The summed E-state index contributed by atoms with van der Waals surface area (Å²) in [4.78, 5) is 19.5. The molecule has 0 aliphatic carbocycles. The van der Waals surface area contributed by atoms with E-state index in [-0.39, 0.29) is 11.6 Å². The van der Waals surface area contributed by atoms with Gasteiger partial charge in [0.2, 0.25) is 5.95 Å². The first kappa shape index (κ1) is 23.3. The number of nitrogens with zero attached hydrogens (tertiary/aromatic N) is 6. The van der Waals surface area contributed by atoms with Gasteiger partial charge in [0.1, 0.15) is 17.5 Å². The van der Waals surface area contributed by atoms with Crippen LogP contribution in [0.25, 0.3) is 11.3 Å². The van der Waals surface area contributed by atoms with Crippen LogP contribution in [0.4, 0.5) is 35.1 Å². The molecule has 0 amide bonds. The normalized spacial score (nSPS) is 16.8. The standard InChI is InChI=1S/C25H26F4N6/c1-17-15-18(6-7-20(17)26)21-16-22(32-24(31-21)35-9-2-3-10-35)33-11-13-34(14-12-33)23-19(25(27,28)29)5-4-8-30-23/h4-8,15-16H,2-3,9-14H2,1H3. The van der Waals surface area contributed by atoms with Crippen LogP contribution in [0.2, 0.25) is 0 Å². The van der Waals surface area contributed by atoms with Gasteiger partial charge in [0, 0.05) is 57.1 Å². The summed E-state index contributed by atoms with van der Waals surface area (Å²) in [6.45, 7) is 5.22. The molecule has 4 heterocycles. The minimum atomic E-state index is -4.46. The van der Waals surface area contributed by atoms with Gasteiger partial charge in [-0.05, 0) is 55.7 Å². The number of alkyl halides is 3. The molecule has 10 heteroatoms. The zero-order valence-electron chi connectivity index (χ0n) is 19.4. The highest BCUT2D eigenvalue weighted by molar-refractivity contribution is 5.66. The number of aryl methyl sites for hydroxylation is 1. The molecule has 2 fully saturated rings. The highest BCUT2D eigenvalue weighted by Gasteiger charge is 2.36. The summed E-state index contributed by atoms with van der Waals surface area (Å²) in [5.74, 6) is 1.04. The van der Waals surface area contributed by atoms with E-state index in [1.807, 2.05) is 6.07 Å². The first-order chi connectivity index (χ1) is 16.8. The Labute approximate surface area is 201 Å². The largest absolute Gasteiger partial charge is 0.419 e. The Morgan fingerprint density at radius 1 is 0.829 bits per heavy atom. The van der Waals surface area contributed by atoms with Gasteiger partial charge in [-0.25, -0.2) is 14.4 Å². The predicted octanol–water partition coefficient (Wildman–Crippen LogP) is 4.93. The van der Waals surface area contributed by atoms with Crippen molar-refractivity contribution in [1.82, 2.24) is 15.0 Å². The quantitative estimate of drug-likeness (QED) is 0.488. The second-order valence-corrected chi connectivity index (χ2v) is 8.92. The van der Waals surface area contributed by atoms with Gasteiger partial charge in [0.05, 0.1) is 11.3 Å². The van der Waals surface area contributed by atoms with Crippen molar-refractivity contribution in [3.05, 3.63) is 59.5 Å². The molecule has 0 atom stereocenters. The number of aromatic nitrogens is 3. The van der Waals surface area contributed by atoms with Crippen LogP contribution >= 0.6 is 0 Å². The summed E-state index contributed by atoms with van der Waals surface area (Å²) < 4.78 is 54.3. The van der Waals surface area contributed by atoms with E-state index in [1.54, 1.807) is 24.0 Å². The van der Waals surface area contributed by atoms with Crippen LogP contribution in [0.1, 0.15) is 24.0 Å². The van der Waals surface area contributed by atoms with E-state index in [0.717, 1.165) is 43.4 Å². The van der Waals surface area contributed by atoms with Gasteiger partial charge >= 0.3 is 6.18 Å². The van der Waals surface area contributed by atoms with Crippen LogP contribution in [0.15, 0.2) is 42.6 Å². The smallest absolute Gasteiger partial charge is 0.353 e. The number of piperazine rings is 1. The van der Waals surface area contributed by atoms with E-state index in [1.165, 1.54) is 18.3 Å². The zero-order chi connectivity index (χ0) is 24.6. The second kappa shape index (κ2) is 9.31. The Kier molecular flexibility index (Phi) is 6.21. The Morgan fingerprint density at radius 3 is 2.23 bits per heavy atom. The fraction of sp³-hybridized carbons (Fsp3) is 0.400. The van der Waals surface area contributed by atoms with Crippen molar-refractivity contribution in [1.29, 1.82) is 0 Å². The number of halogens is 4. The van der Waals surface area contributed by atoms with Gasteiger partial charge in [-0.15, -0.1) is 0 Å². The Bertz CT molecular complexity index is 1200. The third-order valence-electron chi connectivity index (χ3n) is 6.54. The SMILES string of the molecule is Cc1cc(-c2cc(N3CCN(c4ncccc4C(F)(F)F)CC3)nc(N3CCCC3)n2)ccc1F. The van der Waals surface area contributed by atoms with Crippen LogP contribution in [-0.2, 0) is 6.18 Å². The van der Waals surface area contributed by atoms with Crippen molar-refractivity contribution in [2.75, 3.05) is 54.0 Å². The molecule has 0 spiro atoms. The van der Waals surface area contributed by atoms with Gasteiger partial charge in [0.15, 0.2) is 0 Å². The van der Waals surface area contributed by atoms with Crippen LogP contribution in [0.3, 0.4) is 0 Å².